The Hall–Kier alpha value is -2.71. The van der Waals surface area contributed by atoms with Gasteiger partial charge in [-0.05, 0) is 43.9 Å². The minimum Gasteiger partial charge on any atom is -0.379 e. The highest BCUT2D eigenvalue weighted by Crippen LogP contribution is 2.30. The highest BCUT2D eigenvalue weighted by molar-refractivity contribution is 5.86. The molecule has 5 rings (SSSR count). The van der Waals surface area contributed by atoms with Crippen molar-refractivity contribution in [2.45, 2.75) is 38.1 Å². The lowest BCUT2D eigenvalue weighted by Crippen LogP contribution is -2.45. The lowest BCUT2D eigenvalue weighted by Gasteiger charge is -2.38. The first-order valence-electron chi connectivity index (χ1n) is 11.1. The second kappa shape index (κ2) is 8.80. The number of benzene rings is 1. The molecule has 0 bridgehead atoms. The molecule has 3 heterocycles. The number of ketones is 1. The van der Waals surface area contributed by atoms with Crippen molar-refractivity contribution < 1.29 is 9.53 Å². The fourth-order valence-corrected chi connectivity index (χ4v) is 4.84. The SMILES string of the molecule is Cn1cc(-c2ccc3nnc(CC(=O)C4CCC(N5CCOCC5)CC4)cc3c2)nn1. The number of aryl methyl sites for hydroxylation is 1. The molecule has 1 saturated heterocycles. The lowest BCUT2D eigenvalue weighted by atomic mass is 9.81. The molecule has 1 aromatic carbocycles. The van der Waals surface area contributed by atoms with Crippen molar-refractivity contribution in [1.29, 1.82) is 0 Å². The zero-order valence-electron chi connectivity index (χ0n) is 17.9. The van der Waals surface area contributed by atoms with Gasteiger partial charge in [0, 0.05) is 43.0 Å². The first-order chi connectivity index (χ1) is 15.2. The molecule has 1 aliphatic heterocycles. The molecule has 0 spiro atoms. The molecule has 2 aliphatic rings. The van der Waals surface area contributed by atoms with Crippen molar-refractivity contribution in [3.05, 3.63) is 36.2 Å². The summed E-state index contributed by atoms with van der Waals surface area (Å²) < 4.78 is 7.15. The Morgan fingerprint density at radius 3 is 2.61 bits per heavy atom. The van der Waals surface area contributed by atoms with Crippen molar-refractivity contribution in [3.63, 3.8) is 0 Å². The molecule has 8 nitrogen and oxygen atoms in total. The third kappa shape index (κ3) is 4.50. The van der Waals surface area contributed by atoms with Crippen LogP contribution in [0.15, 0.2) is 30.5 Å². The largest absolute Gasteiger partial charge is 0.379 e. The molecule has 3 aromatic rings. The lowest BCUT2D eigenvalue weighted by molar-refractivity contribution is -0.123. The number of Topliss-reactive ketones (excluding diaryl/α,β-unsaturated/α-hetero) is 1. The second-order valence-electron chi connectivity index (χ2n) is 8.68. The second-order valence-corrected chi connectivity index (χ2v) is 8.68. The number of hydrogen-bond donors (Lipinski definition) is 0. The van der Waals surface area contributed by atoms with Crippen LogP contribution in [0.3, 0.4) is 0 Å². The molecule has 0 radical (unpaired) electrons. The quantitative estimate of drug-likeness (QED) is 0.627. The summed E-state index contributed by atoms with van der Waals surface area (Å²) in [4.78, 5) is 15.5. The first-order valence-corrected chi connectivity index (χ1v) is 11.1. The maximum Gasteiger partial charge on any atom is 0.141 e. The predicted molar refractivity (Wildman–Crippen MR) is 116 cm³/mol. The van der Waals surface area contributed by atoms with Crippen LogP contribution in [0.5, 0.6) is 0 Å². The van der Waals surface area contributed by atoms with E-state index in [1.807, 2.05) is 37.5 Å². The molecule has 2 fully saturated rings. The maximum absolute atomic E-state index is 13.0. The standard InChI is InChI=1S/C23H28N6O2/c1-28-15-22(26-27-28)17-4-7-21-18(12-17)13-19(24-25-21)14-23(30)16-2-5-20(6-3-16)29-8-10-31-11-9-29/h4,7,12-13,15-16,20H,2-3,5-6,8-11,14H2,1H3. The number of ether oxygens (including phenoxy) is 1. The minimum atomic E-state index is 0.140. The normalized spacial score (nSPS) is 22.6. The number of aromatic nitrogens is 5. The average Bonchev–Trinajstić information content (AvgIpc) is 3.25. The highest BCUT2D eigenvalue weighted by atomic mass is 16.5. The van der Waals surface area contributed by atoms with Crippen molar-refractivity contribution in [2.75, 3.05) is 26.3 Å². The Morgan fingerprint density at radius 1 is 1.06 bits per heavy atom. The van der Waals surface area contributed by atoms with E-state index in [0.717, 1.165) is 79.8 Å². The van der Waals surface area contributed by atoms with Gasteiger partial charge in [0.25, 0.3) is 0 Å². The van der Waals surface area contributed by atoms with Crippen molar-refractivity contribution in [2.24, 2.45) is 13.0 Å². The van der Waals surface area contributed by atoms with Gasteiger partial charge in [-0.25, -0.2) is 0 Å². The topological polar surface area (TPSA) is 86.0 Å². The Morgan fingerprint density at radius 2 is 1.87 bits per heavy atom. The minimum absolute atomic E-state index is 0.140. The number of hydrogen-bond acceptors (Lipinski definition) is 7. The van der Waals surface area contributed by atoms with Crippen LogP contribution in [0.4, 0.5) is 0 Å². The van der Waals surface area contributed by atoms with Gasteiger partial charge in [-0.2, -0.15) is 10.2 Å². The first kappa shape index (κ1) is 20.2. The monoisotopic (exact) mass is 420 g/mol. The summed E-state index contributed by atoms with van der Waals surface area (Å²) in [7, 11) is 1.85. The molecular formula is C23H28N6O2. The molecule has 0 unspecified atom stereocenters. The van der Waals surface area contributed by atoms with Crippen LogP contribution < -0.4 is 0 Å². The van der Waals surface area contributed by atoms with E-state index in [0.29, 0.717) is 18.2 Å². The summed E-state index contributed by atoms with van der Waals surface area (Å²) in [5.74, 6) is 0.430. The molecule has 1 saturated carbocycles. The summed E-state index contributed by atoms with van der Waals surface area (Å²) in [6.07, 6.45) is 6.37. The smallest absolute Gasteiger partial charge is 0.141 e. The number of nitrogens with zero attached hydrogens (tertiary/aromatic N) is 6. The zero-order valence-corrected chi connectivity index (χ0v) is 17.9. The third-order valence-corrected chi connectivity index (χ3v) is 6.60. The van der Waals surface area contributed by atoms with E-state index >= 15 is 0 Å². The van der Waals surface area contributed by atoms with Crippen LogP contribution in [0.2, 0.25) is 0 Å². The Bertz CT molecular complexity index is 1070. The third-order valence-electron chi connectivity index (χ3n) is 6.60. The number of rotatable bonds is 5. The molecule has 0 atom stereocenters. The van der Waals surface area contributed by atoms with Crippen LogP contribution in [-0.2, 0) is 23.0 Å². The van der Waals surface area contributed by atoms with Gasteiger partial charge in [0.15, 0.2) is 0 Å². The Labute approximate surface area is 181 Å². The van der Waals surface area contributed by atoms with Gasteiger partial charge in [0.2, 0.25) is 0 Å². The van der Waals surface area contributed by atoms with E-state index in [-0.39, 0.29) is 5.92 Å². The summed E-state index contributed by atoms with van der Waals surface area (Å²) in [6.45, 7) is 3.70. The Kier molecular flexibility index (Phi) is 5.74. The van der Waals surface area contributed by atoms with Gasteiger partial charge in [0.05, 0.1) is 37.0 Å². The van der Waals surface area contributed by atoms with E-state index in [1.165, 1.54) is 0 Å². The summed E-state index contributed by atoms with van der Waals surface area (Å²) in [5, 5.41) is 17.8. The van der Waals surface area contributed by atoms with Crippen LogP contribution in [0.1, 0.15) is 31.4 Å². The van der Waals surface area contributed by atoms with E-state index in [1.54, 1.807) is 4.68 Å². The van der Waals surface area contributed by atoms with Crippen molar-refractivity contribution >= 4 is 16.7 Å². The van der Waals surface area contributed by atoms with Gasteiger partial charge >= 0.3 is 0 Å². The number of morpholine rings is 1. The predicted octanol–water partition coefficient (Wildman–Crippen LogP) is 2.43. The van der Waals surface area contributed by atoms with Gasteiger partial charge in [-0.15, -0.1) is 5.10 Å². The van der Waals surface area contributed by atoms with Crippen molar-refractivity contribution in [1.82, 2.24) is 30.1 Å². The number of carbonyl (C=O) groups excluding carboxylic acids is 1. The highest BCUT2D eigenvalue weighted by Gasteiger charge is 2.30. The Balaban J connectivity index is 1.24. The fourth-order valence-electron chi connectivity index (χ4n) is 4.84. The molecule has 8 heteroatoms. The van der Waals surface area contributed by atoms with Crippen LogP contribution in [0, 0.1) is 5.92 Å². The van der Waals surface area contributed by atoms with E-state index < -0.39 is 0 Å². The number of fused-ring (bicyclic) bond motifs is 1. The average molecular weight is 421 g/mol. The number of carbonyl (C=O) groups is 1. The molecule has 1 aliphatic carbocycles. The molecule has 162 valence electrons. The van der Waals surface area contributed by atoms with Gasteiger partial charge < -0.3 is 4.74 Å². The molecular weight excluding hydrogens is 392 g/mol. The van der Waals surface area contributed by atoms with Crippen molar-refractivity contribution in [3.8, 4) is 11.3 Å². The molecule has 31 heavy (non-hydrogen) atoms. The van der Waals surface area contributed by atoms with Crippen LogP contribution in [0.25, 0.3) is 22.2 Å². The van der Waals surface area contributed by atoms with Gasteiger partial charge in [0.1, 0.15) is 11.5 Å². The summed E-state index contributed by atoms with van der Waals surface area (Å²) >= 11 is 0. The zero-order chi connectivity index (χ0) is 21.2. The molecule has 2 aromatic heterocycles. The van der Waals surface area contributed by atoms with E-state index in [9.17, 15) is 4.79 Å². The van der Waals surface area contributed by atoms with E-state index in [2.05, 4.69) is 25.4 Å². The van der Waals surface area contributed by atoms with Gasteiger partial charge in [-0.1, -0.05) is 11.3 Å². The van der Waals surface area contributed by atoms with E-state index in [4.69, 9.17) is 4.74 Å². The molecule has 0 N–H and O–H groups in total. The van der Waals surface area contributed by atoms with Crippen LogP contribution >= 0.6 is 0 Å². The van der Waals surface area contributed by atoms with Crippen LogP contribution in [-0.4, -0.2) is 68.2 Å². The maximum atomic E-state index is 13.0. The molecule has 0 amide bonds. The summed E-state index contributed by atoms with van der Waals surface area (Å²) in [6, 6.07) is 8.53. The summed E-state index contributed by atoms with van der Waals surface area (Å²) in [5.41, 5.74) is 3.35. The fraction of sp³-hybridized carbons (Fsp3) is 0.522. The van der Waals surface area contributed by atoms with Gasteiger partial charge in [-0.3, -0.25) is 14.4 Å².